The number of piperazine rings is 1. The molecule has 0 saturated carbocycles. The smallest absolute Gasteiger partial charge is 0.287 e. The van der Waals surface area contributed by atoms with Crippen LogP contribution in [0, 0.1) is 0 Å². The Kier molecular flexibility index (Phi) is 4.12. The first-order valence-electron chi connectivity index (χ1n) is 6.99. The Hall–Kier alpha value is -1.21. The number of halogens is 1. The van der Waals surface area contributed by atoms with E-state index in [1.807, 2.05) is 11.8 Å². The lowest BCUT2D eigenvalue weighted by Gasteiger charge is -2.36. The number of hydrogen-bond donors (Lipinski definition) is 0. The average molecular weight is 328 g/mol. The summed E-state index contributed by atoms with van der Waals surface area (Å²) in [6.07, 6.45) is 1.67. The van der Waals surface area contributed by atoms with Gasteiger partial charge < -0.3 is 9.80 Å². The first-order valence-corrected chi connectivity index (χ1v) is 8.25. The topological polar surface area (TPSA) is 53.7 Å². The molecule has 0 aromatic carbocycles. The Morgan fingerprint density at radius 2 is 1.95 bits per heavy atom. The molecule has 3 rings (SSSR count). The molecule has 0 bridgehead atoms. The van der Waals surface area contributed by atoms with E-state index in [9.17, 15) is 4.79 Å². The van der Waals surface area contributed by atoms with Gasteiger partial charge in [0.05, 0.1) is 18.4 Å². The van der Waals surface area contributed by atoms with Gasteiger partial charge in [-0.05, 0) is 0 Å². The molecule has 0 N–H and O–H groups in total. The minimum atomic E-state index is -0.249. The molecule has 21 heavy (non-hydrogen) atoms. The number of amidine groups is 1. The molecule has 114 valence electrons. The molecule has 2 aliphatic heterocycles. The normalized spacial score (nSPS) is 22.6. The Morgan fingerprint density at radius 3 is 2.57 bits per heavy atom. The Labute approximate surface area is 132 Å². The third-order valence-electron chi connectivity index (χ3n) is 3.74. The predicted octanol–water partition coefficient (Wildman–Crippen LogP) is 1.05. The number of aromatic nitrogens is 2. The number of nitrogens with zero attached hydrogens (tertiary/aromatic N) is 5. The number of rotatable bonds is 1. The van der Waals surface area contributed by atoms with Gasteiger partial charge in [-0.3, -0.25) is 9.79 Å². The standard InChI is InChI=1S/C13H18ClN5OS/c1-9-7-15-13(21-9)19-5-3-18(4-6-19)10-8-16-17(2)12(20)11(10)14/h8-9H,3-7H2,1-2H3/t9-/m1/s1. The lowest BCUT2D eigenvalue weighted by Crippen LogP contribution is -2.48. The quantitative estimate of drug-likeness (QED) is 0.771. The molecule has 1 aromatic heterocycles. The van der Waals surface area contributed by atoms with E-state index in [2.05, 4.69) is 26.8 Å². The second kappa shape index (κ2) is 5.88. The van der Waals surface area contributed by atoms with Gasteiger partial charge in [0.1, 0.15) is 5.02 Å². The van der Waals surface area contributed by atoms with E-state index in [1.54, 1.807) is 13.2 Å². The maximum Gasteiger partial charge on any atom is 0.287 e. The molecule has 3 heterocycles. The summed E-state index contributed by atoms with van der Waals surface area (Å²) >= 11 is 8.00. The van der Waals surface area contributed by atoms with Crippen LogP contribution in [0.2, 0.25) is 5.02 Å². The van der Waals surface area contributed by atoms with E-state index in [4.69, 9.17) is 11.6 Å². The average Bonchev–Trinajstić information content (AvgIpc) is 2.92. The minimum Gasteiger partial charge on any atom is -0.365 e. The Morgan fingerprint density at radius 1 is 1.29 bits per heavy atom. The van der Waals surface area contributed by atoms with Crippen molar-refractivity contribution >= 4 is 34.2 Å². The molecular weight excluding hydrogens is 310 g/mol. The molecule has 0 amide bonds. The first kappa shape index (κ1) is 14.7. The van der Waals surface area contributed by atoms with E-state index >= 15 is 0 Å². The second-order valence-corrected chi connectivity index (χ2v) is 7.08. The van der Waals surface area contributed by atoms with Crippen molar-refractivity contribution in [2.24, 2.45) is 12.0 Å². The molecule has 0 unspecified atom stereocenters. The van der Waals surface area contributed by atoms with Gasteiger partial charge in [-0.15, -0.1) is 0 Å². The van der Waals surface area contributed by atoms with Crippen LogP contribution in [0.3, 0.4) is 0 Å². The lowest BCUT2D eigenvalue weighted by atomic mass is 10.3. The summed E-state index contributed by atoms with van der Waals surface area (Å²) in [5, 5.41) is 6.04. The molecule has 2 aliphatic rings. The monoisotopic (exact) mass is 327 g/mol. The first-order chi connectivity index (χ1) is 10.1. The zero-order chi connectivity index (χ0) is 15.0. The summed E-state index contributed by atoms with van der Waals surface area (Å²) in [7, 11) is 1.60. The van der Waals surface area contributed by atoms with Crippen LogP contribution >= 0.6 is 23.4 Å². The van der Waals surface area contributed by atoms with Crippen LogP contribution in [0.25, 0.3) is 0 Å². The van der Waals surface area contributed by atoms with E-state index in [0.29, 0.717) is 5.25 Å². The van der Waals surface area contributed by atoms with E-state index in [1.165, 1.54) is 4.68 Å². The van der Waals surface area contributed by atoms with Gasteiger partial charge in [0.15, 0.2) is 5.17 Å². The van der Waals surface area contributed by atoms with Crippen LogP contribution in [0.15, 0.2) is 16.0 Å². The summed E-state index contributed by atoms with van der Waals surface area (Å²) in [5.74, 6) is 0. The number of hydrogen-bond acceptors (Lipinski definition) is 6. The molecule has 6 nitrogen and oxygen atoms in total. The van der Waals surface area contributed by atoms with Gasteiger partial charge in [0.25, 0.3) is 5.56 Å². The zero-order valence-electron chi connectivity index (χ0n) is 12.1. The third kappa shape index (κ3) is 2.89. The van der Waals surface area contributed by atoms with Crippen molar-refractivity contribution in [2.45, 2.75) is 12.2 Å². The maximum atomic E-state index is 11.9. The molecule has 1 saturated heterocycles. The molecular formula is C13H18ClN5OS. The highest BCUT2D eigenvalue weighted by Gasteiger charge is 2.26. The van der Waals surface area contributed by atoms with Gasteiger partial charge in [-0.2, -0.15) is 5.10 Å². The van der Waals surface area contributed by atoms with Crippen LogP contribution < -0.4 is 10.5 Å². The van der Waals surface area contributed by atoms with Crippen LogP contribution in [-0.2, 0) is 7.05 Å². The molecule has 0 aliphatic carbocycles. The van der Waals surface area contributed by atoms with Crippen LogP contribution in [0.5, 0.6) is 0 Å². The van der Waals surface area contributed by atoms with Crippen LogP contribution in [-0.4, -0.2) is 57.8 Å². The van der Waals surface area contributed by atoms with Gasteiger partial charge in [0.2, 0.25) is 0 Å². The largest absolute Gasteiger partial charge is 0.365 e. The van der Waals surface area contributed by atoms with Crippen molar-refractivity contribution in [3.63, 3.8) is 0 Å². The van der Waals surface area contributed by atoms with Gasteiger partial charge >= 0.3 is 0 Å². The van der Waals surface area contributed by atoms with Crippen LogP contribution in [0.4, 0.5) is 5.69 Å². The zero-order valence-corrected chi connectivity index (χ0v) is 13.7. The van der Waals surface area contributed by atoms with Gasteiger partial charge in [0, 0.05) is 38.5 Å². The number of anilines is 1. The lowest BCUT2D eigenvalue weighted by molar-refractivity contribution is 0.392. The third-order valence-corrected chi connectivity index (χ3v) is 5.25. The van der Waals surface area contributed by atoms with Crippen molar-refractivity contribution in [1.82, 2.24) is 14.7 Å². The van der Waals surface area contributed by atoms with E-state index in [-0.39, 0.29) is 10.6 Å². The summed E-state index contributed by atoms with van der Waals surface area (Å²) in [4.78, 5) is 20.9. The fraction of sp³-hybridized carbons (Fsp3) is 0.615. The van der Waals surface area contributed by atoms with E-state index in [0.717, 1.165) is 43.6 Å². The highest BCUT2D eigenvalue weighted by atomic mass is 35.5. The van der Waals surface area contributed by atoms with Crippen molar-refractivity contribution in [2.75, 3.05) is 37.6 Å². The Bertz CT molecular complexity index is 623. The minimum absolute atomic E-state index is 0.249. The van der Waals surface area contributed by atoms with Crippen molar-refractivity contribution < 1.29 is 0 Å². The number of aryl methyl sites for hydroxylation is 1. The summed E-state index contributed by atoms with van der Waals surface area (Å²) in [5.41, 5.74) is 0.481. The van der Waals surface area contributed by atoms with Crippen molar-refractivity contribution in [1.29, 1.82) is 0 Å². The van der Waals surface area contributed by atoms with Crippen molar-refractivity contribution in [3.05, 3.63) is 21.6 Å². The second-order valence-electron chi connectivity index (χ2n) is 5.30. The highest BCUT2D eigenvalue weighted by Crippen LogP contribution is 2.26. The maximum absolute atomic E-state index is 11.9. The van der Waals surface area contributed by atoms with Gasteiger partial charge in [-0.1, -0.05) is 30.3 Å². The van der Waals surface area contributed by atoms with Gasteiger partial charge in [-0.25, -0.2) is 4.68 Å². The number of aliphatic imine (C=N–C) groups is 1. The summed E-state index contributed by atoms with van der Waals surface area (Å²) < 4.78 is 1.26. The predicted molar refractivity (Wildman–Crippen MR) is 87.6 cm³/mol. The van der Waals surface area contributed by atoms with E-state index < -0.39 is 0 Å². The SMILES string of the molecule is C[C@@H]1CN=C(N2CCN(c3cnn(C)c(=O)c3Cl)CC2)S1. The van der Waals surface area contributed by atoms with Crippen molar-refractivity contribution in [3.8, 4) is 0 Å². The fourth-order valence-corrected chi connectivity index (χ4v) is 3.78. The number of thioether (sulfide) groups is 1. The molecule has 0 radical (unpaired) electrons. The highest BCUT2D eigenvalue weighted by molar-refractivity contribution is 8.14. The molecule has 1 aromatic rings. The molecule has 1 fully saturated rings. The summed E-state index contributed by atoms with van der Waals surface area (Å²) in [6.45, 7) is 6.53. The fourth-order valence-electron chi connectivity index (χ4n) is 2.50. The van der Waals surface area contributed by atoms with Crippen LogP contribution in [0.1, 0.15) is 6.92 Å². The molecule has 1 atom stereocenters. The summed E-state index contributed by atoms with van der Waals surface area (Å²) in [6, 6.07) is 0. The Balaban J connectivity index is 1.69. The molecule has 8 heteroatoms. The molecule has 0 spiro atoms.